The van der Waals surface area contributed by atoms with E-state index in [9.17, 15) is 4.79 Å². The van der Waals surface area contributed by atoms with Crippen LogP contribution >= 0.6 is 0 Å². The molecular formula is C14H20O3. The van der Waals surface area contributed by atoms with Crippen molar-refractivity contribution in [2.45, 2.75) is 27.4 Å². The SMILES string of the molecule is COc1cccc(COCC(=O)C(C)(C)C)c1. The van der Waals surface area contributed by atoms with Crippen molar-refractivity contribution in [1.82, 2.24) is 0 Å². The molecule has 0 heterocycles. The fraction of sp³-hybridized carbons (Fsp3) is 0.500. The molecule has 0 amide bonds. The Balaban J connectivity index is 2.43. The highest BCUT2D eigenvalue weighted by Gasteiger charge is 2.20. The van der Waals surface area contributed by atoms with Gasteiger partial charge in [0.05, 0.1) is 13.7 Å². The molecule has 17 heavy (non-hydrogen) atoms. The summed E-state index contributed by atoms with van der Waals surface area (Å²) >= 11 is 0. The summed E-state index contributed by atoms with van der Waals surface area (Å²) in [4.78, 5) is 11.6. The van der Waals surface area contributed by atoms with Crippen molar-refractivity contribution < 1.29 is 14.3 Å². The highest BCUT2D eigenvalue weighted by atomic mass is 16.5. The summed E-state index contributed by atoms with van der Waals surface area (Å²) in [6.07, 6.45) is 0. The fourth-order valence-corrected chi connectivity index (χ4v) is 1.24. The Bertz CT molecular complexity index is 377. The zero-order valence-electron chi connectivity index (χ0n) is 10.9. The van der Waals surface area contributed by atoms with Gasteiger partial charge in [0, 0.05) is 5.41 Å². The molecule has 0 radical (unpaired) electrons. The minimum Gasteiger partial charge on any atom is -0.497 e. The minimum atomic E-state index is -0.339. The van der Waals surface area contributed by atoms with Crippen molar-refractivity contribution in [2.24, 2.45) is 5.41 Å². The van der Waals surface area contributed by atoms with Crippen LogP contribution in [0.15, 0.2) is 24.3 Å². The molecule has 0 aromatic heterocycles. The van der Waals surface area contributed by atoms with E-state index in [1.54, 1.807) is 7.11 Å². The smallest absolute Gasteiger partial charge is 0.163 e. The third-order valence-electron chi connectivity index (χ3n) is 2.47. The lowest BCUT2D eigenvalue weighted by Crippen LogP contribution is -2.24. The Labute approximate surface area is 103 Å². The zero-order chi connectivity index (χ0) is 12.9. The van der Waals surface area contributed by atoms with Crippen molar-refractivity contribution in [3.8, 4) is 5.75 Å². The first-order valence-electron chi connectivity index (χ1n) is 5.67. The average Bonchev–Trinajstić information content (AvgIpc) is 2.28. The van der Waals surface area contributed by atoms with E-state index >= 15 is 0 Å². The van der Waals surface area contributed by atoms with Crippen LogP contribution in [0.1, 0.15) is 26.3 Å². The lowest BCUT2D eigenvalue weighted by atomic mass is 9.91. The van der Waals surface area contributed by atoms with Crippen LogP contribution < -0.4 is 4.74 Å². The van der Waals surface area contributed by atoms with E-state index in [1.807, 2.05) is 45.0 Å². The number of carbonyl (C=O) groups excluding carboxylic acids is 1. The molecule has 0 aliphatic heterocycles. The molecule has 0 saturated carbocycles. The maximum Gasteiger partial charge on any atom is 0.163 e. The second-order valence-corrected chi connectivity index (χ2v) is 5.02. The molecule has 0 saturated heterocycles. The molecule has 94 valence electrons. The number of hydrogen-bond acceptors (Lipinski definition) is 3. The van der Waals surface area contributed by atoms with Crippen LogP contribution in [0.2, 0.25) is 0 Å². The summed E-state index contributed by atoms with van der Waals surface area (Å²) in [6.45, 7) is 6.26. The third kappa shape index (κ3) is 4.57. The predicted molar refractivity (Wildman–Crippen MR) is 67.1 cm³/mol. The molecule has 0 spiro atoms. The number of carbonyl (C=O) groups is 1. The lowest BCUT2D eigenvalue weighted by Gasteiger charge is -2.16. The van der Waals surface area contributed by atoms with Gasteiger partial charge in [0.15, 0.2) is 5.78 Å². The van der Waals surface area contributed by atoms with Gasteiger partial charge in [-0.3, -0.25) is 4.79 Å². The number of rotatable bonds is 5. The number of ether oxygens (including phenoxy) is 2. The van der Waals surface area contributed by atoms with E-state index in [4.69, 9.17) is 9.47 Å². The van der Waals surface area contributed by atoms with Crippen LogP contribution in [0.5, 0.6) is 5.75 Å². The van der Waals surface area contributed by atoms with Gasteiger partial charge in [0.25, 0.3) is 0 Å². The molecule has 0 fully saturated rings. The molecule has 1 aromatic rings. The van der Waals surface area contributed by atoms with Crippen molar-refractivity contribution in [3.05, 3.63) is 29.8 Å². The van der Waals surface area contributed by atoms with Gasteiger partial charge in [-0.05, 0) is 17.7 Å². The van der Waals surface area contributed by atoms with E-state index < -0.39 is 0 Å². The van der Waals surface area contributed by atoms with Gasteiger partial charge in [0.1, 0.15) is 12.4 Å². The molecule has 0 unspecified atom stereocenters. The van der Waals surface area contributed by atoms with Crippen molar-refractivity contribution in [1.29, 1.82) is 0 Å². The van der Waals surface area contributed by atoms with E-state index in [1.165, 1.54) is 0 Å². The molecule has 0 aliphatic carbocycles. The molecule has 1 aromatic carbocycles. The Morgan fingerprint density at radius 3 is 2.59 bits per heavy atom. The van der Waals surface area contributed by atoms with E-state index in [0.29, 0.717) is 6.61 Å². The molecule has 0 bridgehead atoms. The first-order chi connectivity index (χ1) is 7.93. The Morgan fingerprint density at radius 2 is 2.00 bits per heavy atom. The van der Waals surface area contributed by atoms with Crippen LogP contribution in [0.4, 0.5) is 0 Å². The average molecular weight is 236 g/mol. The fourth-order valence-electron chi connectivity index (χ4n) is 1.24. The second-order valence-electron chi connectivity index (χ2n) is 5.02. The Hall–Kier alpha value is -1.35. The maximum absolute atomic E-state index is 11.6. The van der Waals surface area contributed by atoms with Gasteiger partial charge in [-0.15, -0.1) is 0 Å². The molecule has 3 heteroatoms. The lowest BCUT2D eigenvalue weighted by molar-refractivity contribution is -0.131. The third-order valence-corrected chi connectivity index (χ3v) is 2.47. The standard InChI is InChI=1S/C14H20O3/c1-14(2,3)13(15)10-17-9-11-6-5-7-12(8-11)16-4/h5-8H,9-10H2,1-4H3. The van der Waals surface area contributed by atoms with Crippen LogP contribution in [0.25, 0.3) is 0 Å². The number of benzene rings is 1. The summed E-state index contributed by atoms with van der Waals surface area (Å²) in [5.41, 5.74) is 0.667. The highest BCUT2D eigenvalue weighted by molar-refractivity contribution is 5.84. The van der Waals surface area contributed by atoms with Gasteiger partial charge >= 0.3 is 0 Å². The van der Waals surface area contributed by atoms with E-state index in [2.05, 4.69) is 0 Å². The van der Waals surface area contributed by atoms with Crippen LogP contribution in [0, 0.1) is 5.41 Å². The van der Waals surface area contributed by atoms with E-state index in [-0.39, 0.29) is 17.8 Å². The van der Waals surface area contributed by atoms with Gasteiger partial charge in [-0.25, -0.2) is 0 Å². The molecule has 1 rings (SSSR count). The maximum atomic E-state index is 11.6. The summed E-state index contributed by atoms with van der Waals surface area (Å²) in [5, 5.41) is 0. The zero-order valence-corrected chi connectivity index (χ0v) is 10.9. The van der Waals surface area contributed by atoms with Crippen molar-refractivity contribution in [3.63, 3.8) is 0 Å². The number of methoxy groups -OCH3 is 1. The van der Waals surface area contributed by atoms with Gasteiger partial charge in [-0.2, -0.15) is 0 Å². The van der Waals surface area contributed by atoms with Gasteiger partial charge < -0.3 is 9.47 Å². The first kappa shape index (κ1) is 13.7. The van der Waals surface area contributed by atoms with E-state index in [0.717, 1.165) is 11.3 Å². The molecule has 0 aliphatic rings. The van der Waals surface area contributed by atoms with Crippen molar-refractivity contribution in [2.75, 3.05) is 13.7 Å². The molecule has 0 atom stereocenters. The number of hydrogen-bond donors (Lipinski definition) is 0. The topological polar surface area (TPSA) is 35.5 Å². The molecule has 0 N–H and O–H groups in total. The molecular weight excluding hydrogens is 216 g/mol. The van der Waals surface area contributed by atoms with Crippen LogP contribution in [-0.4, -0.2) is 19.5 Å². The summed E-state index contributed by atoms with van der Waals surface area (Å²) < 4.78 is 10.5. The van der Waals surface area contributed by atoms with Gasteiger partial charge in [0.2, 0.25) is 0 Å². The Kier molecular flexibility index (Phi) is 4.70. The van der Waals surface area contributed by atoms with Crippen LogP contribution in [-0.2, 0) is 16.1 Å². The summed E-state index contributed by atoms with van der Waals surface area (Å²) in [7, 11) is 1.63. The van der Waals surface area contributed by atoms with Crippen LogP contribution in [0.3, 0.4) is 0 Å². The second kappa shape index (κ2) is 5.82. The number of Topliss-reactive ketones (excluding diaryl/α,β-unsaturated/α-hetero) is 1. The Morgan fingerprint density at radius 1 is 1.29 bits per heavy atom. The predicted octanol–water partition coefficient (Wildman–Crippen LogP) is 2.83. The number of ketones is 1. The largest absolute Gasteiger partial charge is 0.497 e. The van der Waals surface area contributed by atoms with Gasteiger partial charge in [-0.1, -0.05) is 32.9 Å². The summed E-state index contributed by atoms with van der Waals surface area (Å²) in [5.74, 6) is 0.911. The van der Waals surface area contributed by atoms with Crippen molar-refractivity contribution >= 4 is 5.78 Å². The monoisotopic (exact) mass is 236 g/mol. The first-order valence-corrected chi connectivity index (χ1v) is 5.67. The quantitative estimate of drug-likeness (QED) is 0.788. The highest BCUT2D eigenvalue weighted by Crippen LogP contribution is 2.16. The minimum absolute atomic E-state index is 0.111. The summed E-state index contributed by atoms with van der Waals surface area (Å²) in [6, 6.07) is 7.64. The molecule has 3 nitrogen and oxygen atoms in total. The normalized spacial score (nSPS) is 11.3.